The number of hydrogen-bond acceptors (Lipinski definition) is 6. The van der Waals surface area contributed by atoms with Gasteiger partial charge in [0, 0.05) is 102 Å². The van der Waals surface area contributed by atoms with Crippen molar-refractivity contribution >= 4 is 107 Å². The van der Waals surface area contributed by atoms with E-state index in [2.05, 4.69) is 0 Å². The summed E-state index contributed by atoms with van der Waals surface area (Å²) < 4.78 is 0. The Hall–Kier alpha value is 1.29. The number of nitrogens with zero attached hydrogens (tertiary/aromatic N) is 2. The fourth-order valence-corrected chi connectivity index (χ4v) is 1.09. The van der Waals surface area contributed by atoms with Gasteiger partial charge >= 0.3 is 17.9 Å². The van der Waals surface area contributed by atoms with Gasteiger partial charge in [-0.25, -0.2) is 0 Å². The summed E-state index contributed by atoms with van der Waals surface area (Å²) in [7, 11) is 0. The first-order chi connectivity index (χ1) is 7.81. The number of carbonyl (C=O) groups is 3. The Morgan fingerprint density at radius 3 is 1.35 bits per heavy atom. The van der Waals surface area contributed by atoms with E-state index in [0.717, 1.165) is 4.90 Å². The van der Waals surface area contributed by atoms with E-state index < -0.39 is 37.5 Å². The van der Waals surface area contributed by atoms with Gasteiger partial charge in [0.25, 0.3) is 0 Å². The molecule has 0 spiro atoms. The molecule has 0 atom stereocenters. The van der Waals surface area contributed by atoms with Crippen LogP contribution in [0.4, 0.5) is 0 Å². The van der Waals surface area contributed by atoms with Crippen LogP contribution in [0, 0.1) is 0 Å². The van der Waals surface area contributed by atoms with E-state index in [4.69, 9.17) is 20.5 Å². The Bertz CT molecular complexity index is 290. The number of hydrogen-bond donors (Lipinski definition) is 4. The van der Waals surface area contributed by atoms with E-state index in [1.54, 1.807) is 0 Å². The van der Waals surface area contributed by atoms with Crippen molar-refractivity contribution in [3.63, 3.8) is 0 Å². The van der Waals surface area contributed by atoms with Gasteiger partial charge in [0.2, 0.25) is 0 Å². The summed E-state index contributed by atoms with van der Waals surface area (Å²) >= 11 is 0. The minimum atomic E-state index is -1.24. The summed E-state index contributed by atoms with van der Waals surface area (Å²) in [5.74, 6) is -3.64. The van der Waals surface area contributed by atoms with Crippen molar-refractivity contribution in [1.82, 2.24) is 9.96 Å². The van der Waals surface area contributed by atoms with E-state index in [9.17, 15) is 14.4 Å². The largest absolute Gasteiger partial charge is 0.480 e. The third kappa shape index (κ3) is 19.3. The summed E-state index contributed by atoms with van der Waals surface area (Å²) in [6.07, 6.45) is 0. The van der Waals surface area contributed by atoms with Gasteiger partial charge in [-0.15, -0.1) is 0 Å². The zero-order valence-corrected chi connectivity index (χ0v) is 17.9. The van der Waals surface area contributed by atoms with Gasteiger partial charge < -0.3 is 20.5 Å². The van der Waals surface area contributed by atoms with Crippen molar-refractivity contribution in [2.75, 3.05) is 32.7 Å². The van der Waals surface area contributed by atoms with Crippen LogP contribution in [-0.2, 0) is 14.4 Å². The minimum Gasteiger partial charge on any atom is -0.480 e. The smallest absolute Gasteiger partial charge is 0.320 e. The number of carboxylic acid groups (broad SMARTS) is 3. The maximum Gasteiger partial charge on any atom is 0.320 e. The second kappa shape index (κ2) is 16.7. The third-order valence-electron chi connectivity index (χ3n) is 1.71. The Morgan fingerprint density at radius 2 is 1.05 bits per heavy atom. The number of aliphatic carboxylic acids is 3. The molecule has 0 saturated heterocycles. The first kappa shape index (κ1) is 29.3. The molecule has 0 saturated carbocycles. The van der Waals surface area contributed by atoms with Gasteiger partial charge in [-0.1, -0.05) is 0 Å². The van der Waals surface area contributed by atoms with Gasteiger partial charge in [-0.2, -0.15) is 5.06 Å². The van der Waals surface area contributed by atoms with E-state index in [1.807, 2.05) is 0 Å². The van der Waals surface area contributed by atoms with Crippen molar-refractivity contribution in [2.45, 2.75) is 0 Å². The topological polar surface area (TPSA) is 139 Å². The van der Waals surface area contributed by atoms with Crippen LogP contribution < -0.4 is 0 Å². The second-order valence-electron chi connectivity index (χ2n) is 3.28. The second-order valence-corrected chi connectivity index (χ2v) is 3.28. The molecule has 0 aliphatic rings. The monoisotopic (exact) mass is 319 g/mol. The van der Waals surface area contributed by atoms with Crippen LogP contribution in [0.15, 0.2) is 0 Å². The zero-order valence-electron chi connectivity index (χ0n) is 11.9. The quantitative estimate of drug-likeness (QED) is 0.260. The molecule has 0 aromatic carbocycles. The van der Waals surface area contributed by atoms with Crippen molar-refractivity contribution in [1.29, 1.82) is 0 Å². The van der Waals surface area contributed by atoms with Crippen molar-refractivity contribution < 1.29 is 34.9 Å². The van der Waals surface area contributed by atoms with Gasteiger partial charge in [-0.05, 0) is 0 Å². The molecule has 4 N–H and O–H groups in total. The van der Waals surface area contributed by atoms with Crippen LogP contribution in [0.3, 0.4) is 0 Å². The molecular weight excluding hydrogens is 305 g/mol. The first-order valence-electron chi connectivity index (χ1n) is 4.62. The van der Waals surface area contributed by atoms with E-state index in [0.29, 0.717) is 5.06 Å². The van der Waals surface area contributed by atoms with E-state index in [-0.39, 0.29) is 102 Å². The summed E-state index contributed by atoms with van der Waals surface area (Å²) in [5.41, 5.74) is 0. The molecule has 9 nitrogen and oxygen atoms in total. The fourth-order valence-electron chi connectivity index (χ4n) is 1.09. The van der Waals surface area contributed by atoms with Crippen LogP contribution in [0.2, 0.25) is 0 Å². The Labute approximate surface area is 182 Å². The molecule has 0 fully saturated rings. The van der Waals surface area contributed by atoms with E-state index >= 15 is 0 Å². The Balaban J connectivity index is -0.000000427. The molecule has 0 rings (SSSR count). The molecule has 0 unspecified atom stereocenters. The average Bonchev–Trinajstić information content (AvgIpc) is 2.11. The molecular formula is C8H14N2Na3O7. The van der Waals surface area contributed by atoms with Crippen LogP contribution in [0.25, 0.3) is 0 Å². The van der Waals surface area contributed by atoms with Gasteiger partial charge in [-0.3, -0.25) is 19.3 Å². The van der Waals surface area contributed by atoms with E-state index in [1.165, 1.54) is 0 Å². The number of rotatable bonds is 9. The van der Waals surface area contributed by atoms with Gasteiger partial charge in [0.05, 0.1) is 13.1 Å². The molecule has 101 valence electrons. The molecule has 20 heavy (non-hydrogen) atoms. The predicted molar refractivity (Wildman–Crippen MR) is 70.0 cm³/mol. The zero-order chi connectivity index (χ0) is 13.4. The van der Waals surface area contributed by atoms with Crippen LogP contribution >= 0.6 is 0 Å². The molecule has 0 aliphatic heterocycles. The molecule has 0 heterocycles. The number of hydroxylamine groups is 2. The first-order valence-corrected chi connectivity index (χ1v) is 4.62. The standard InChI is InChI=1S/C8H14N2O7.3Na/c11-6(12)3-9(4-7(13)14)1-2-10(17)5-8(15)16;;;/h17H,1-5H2,(H,11,12)(H,13,14)(H,15,16);;;. The summed E-state index contributed by atoms with van der Waals surface area (Å²) in [4.78, 5) is 32.1. The Kier molecular flexibility index (Phi) is 24.4. The predicted octanol–water partition coefficient (Wildman–Crippen LogP) is -2.91. The average molecular weight is 319 g/mol. The molecule has 0 aromatic rings. The molecule has 0 bridgehead atoms. The van der Waals surface area contributed by atoms with Crippen LogP contribution in [0.1, 0.15) is 0 Å². The normalized spacial score (nSPS) is 9.15. The maximum atomic E-state index is 10.4. The molecule has 0 aromatic heterocycles. The van der Waals surface area contributed by atoms with Crippen molar-refractivity contribution in [2.24, 2.45) is 0 Å². The Morgan fingerprint density at radius 1 is 0.700 bits per heavy atom. The summed E-state index contributed by atoms with van der Waals surface area (Å²) in [5, 5.41) is 34.9. The van der Waals surface area contributed by atoms with Crippen molar-refractivity contribution in [3.8, 4) is 0 Å². The van der Waals surface area contributed by atoms with Gasteiger partial charge in [0.15, 0.2) is 0 Å². The molecule has 12 heteroatoms. The minimum absolute atomic E-state index is 0. The van der Waals surface area contributed by atoms with Gasteiger partial charge in [0.1, 0.15) is 6.54 Å². The number of carboxylic acids is 3. The van der Waals surface area contributed by atoms with Crippen LogP contribution in [-0.4, -0.2) is 170 Å². The molecule has 0 amide bonds. The molecule has 3 radical (unpaired) electrons. The SMILES string of the molecule is O=C(O)CN(O)CCN(CC(=O)O)CC(=O)O.[Na].[Na].[Na]. The van der Waals surface area contributed by atoms with Crippen molar-refractivity contribution in [3.05, 3.63) is 0 Å². The third-order valence-corrected chi connectivity index (χ3v) is 1.71. The fraction of sp³-hybridized carbons (Fsp3) is 0.625. The summed E-state index contributed by atoms with van der Waals surface area (Å²) in [6, 6.07) is 0. The molecule has 0 aliphatic carbocycles. The maximum absolute atomic E-state index is 10.4. The summed E-state index contributed by atoms with van der Waals surface area (Å²) in [6.45, 7) is -1.83. The van der Waals surface area contributed by atoms with Crippen LogP contribution in [0.5, 0.6) is 0 Å².